The lowest BCUT2D eigenvalue weighted by atomic mass is 10.0. The number of nitrogens with one attached hydrogen (secondary N) is 1. The molecule has 0 fully saturated rings. The Hall–Kier alpha value is -3.91. The number of ether oxygens (including phenoxy) is 3. The van der Waals surface area contributed by atoms with Crippen molar-refractivity contribution in [3.63, 3.8) is 0 Å². The van der Waals surface area contributed by atoms with Gasteiger partial charge in [-0.1, -0.05) is 42.0 Å². The van der Waals surface area contributed by atoms with Gasteiger partial charge in [-0.2, -0.15) is 0 Å². The molecular weight excluding hydrogens is 454 g/mol. The molecule has 1 N–H and O–H groups in total. The number of anilines is 1. The normalized spacial score (nSPS) is 10.7. The van der Waals surface area contributed by atoms with Crippen LogP contribution in [0.4, 0.5) is 5.00 Å². The predicted molar refractivity (Wildman–Crippen MR) is 132 cm³/mol. The van der Waals surface area contributed by atoms with Crippen molar-refractivity contribution in [1.82, 2.24) is 0 Å². The molecule has 0 bridgehead atoms. The number of rotatable bonds is 9. The van der Waals surface area contributed by atoms with E-state index < -0.39 is 24.5 Å². The van der Waals surface area contributed by atoms with E-state index in [2.05, 4.69) is 5.32 Å². The average molecular weight is 480 g/mol. The smallest absolute Gasteiger partial charge is 0.341 e. The minimum Gasteiger partial charge on any atom is -0.497 e. The molecule has 2 aromatic carbocycles. The minimum atomic E-state index is -0.664. The Balaban J connectivity index is 1.65. The van der Waals surface area contributed by atoms with Crippen molar-refractivity contribution in [3.05, 3.63) is 76.7 Å². The van der Waals surface area contributed by atoms with E-state index in [9.17, 15) is 14.4 Å². The highest BCUT2D eigenvalue weighted by atomic mass is 32.1. The molecule has 1 amide bonds. The highest BCUT2D eigenvalue weighted by Gasteiger charge is 2.23. The number of hydrogen-bond acceptors (Lipinski definition) is 7. The van der Waals surface area contributed by atoms with Crippen LogP contribution >= 0.6 is 11.3 Å². The summed E-state index contributed by atoms with van der Waals surface area (Å²) in [6.07, 6.45) is 2.81. The first kappa shape index (κ1) is 24.7. The number of carbonyl (C=O) groups is 3. The summed E-state index contributed by atoms with van der Waals surface area (Å²) in [5.74, 6) is -1.05. The van der Waals surface area contributed by atoms with E-state index in [0.29, 0.717) is 16.3 Å². The van der Waals surface area contributed by atoms with Crippen LogP contribution in [0.5, 0.6) is 5.75 Å². The first-order chi connectivity index (χ1) is 16.4. The minimum absolute atomic E-state index is 0.202. The van der Waals surface area contributed by atoms with Crippen molar-refractivity contribution in [3.8, 4) is 16.9 Å². The number of thiophene rings is 1. The number of esters is 2. The highest BCUT2D eigenvalue weighted by Crippen LogP contribution is 2.36. The fourth-order valence-corrected chi connectivity index (χ4v) is 4.00. The number of amides is 1. The summed E-state index contributed by atoms with van der Waals surface area (Å²) < 4.78 is 15.3. The molecule has 3 aromatic rings. The Morgan fingerprint density at radius 3 is 2.35 bits per heavy atom. The summed E-state index contributed by atoms with van der Waals surface area (Å²) in [6.45, 7) is 3.40. The van der Waals surface area contributed by atoms with E-state index >= 15 is 0 Å². The molecule has 0 aliphatic heterocycles. The van der Waals surface area contributed by atoms with E-state index in [1.54, 1.807) is 49.8 Å². The van der Waals surface area contributed by atoms with Gasteiger partial charge >= 0.3 is 11.9 Å². The first-order valence-corrected chi connectivity index (χ1v) is 11.4. The molecule has 0 saturated heterocycles. The molecule has 0 spiro atoms. The molecule has 0 aliphatic rings. The number of hydrogen-bond donors (Lipinski definition) is 1. The fraction of sp³-hybridized carbons (Fsp3) is 0.192. The molecule has 8 heteroatoms. The third kappa shape index (κ3) is 6.55. The van der Waals surface area contributed by atoms with Crippen LogP contribution < -0.4 is 10.1 Å². The van der Waals surface area contributed by atoms with Crippen LogP contribution in [0.1, 0.15) is 28.4 Å². The number of benzene rings is 2. The summed E-state index contributed by atoms with van der Waals surface area (Å²) in [7, 11) is 1.57. The maximum atomic E-state index is 12.6. The van der Waals surface area contributed by atoms with Gasteiger partial charge in [-0.05, 0) is 43.2 Å². The highest BCUT2D eigenvalue weighted by molar-refractivity contribution is 7.15. The van der Waals surface area contributed by atoms with E-state index in [1.807, 2.05) is 31.2 Å². The number of carbonyl (C=O) groups excluding carboxylic acids is 3. The van der Waals surface area contributed by atoms with Gasteiger partial charge in [0.1, 0.15) is 16.3 Å². The van der Waals surface area contributed by atoms with Crippen molar-refractivity contribution in [2.45, 2.75) is 13.8 Å². The Labute approximate surface area is 202 Å². The van der Waals surface area contributed by atoms with Gasteiger partial charge in [0.25, 0.3) is 5.91 Å². The maximum Gasteiger partial charge on any atom is 0.341 e. The van der Waals surface area contributed by atoms with E-state index in [4.69, 9.17) is 14.2 Å². The zero-order valence-electron chi connectivity index (χ0n) is 19.1. The average Bonchev–Trinajstić information content (AvgIpc) is 3.25. The standard InChI is InChI=1S/C26H25NO6S/c1-4-32-26(30)24-21(19-10-5-17(2)6-11-19)16-34-25(24)27-22(28)15-33-23(29)14-9-18-7-12-20(31-3)13-8-18/h5-14,16H,4,15H2,1-3H3,(H,27,28)/b14-9+. The van der Waals surface area contributed by atoms with E-state index in [1.165, 1.54) is 17.4 Å². The monoisotopic (exact) mass is 479 g/mol. The van der Waals surface area contributed by atoms with Crippen LogP contribution in [0.25, 0.3) is 17.2 Å². The quantitative estimate of drug-likeness (QED) is 0.339. The van der Waals surface area contributed by atoms with E-state index in [0.717, 1.165) is 16.7 Å². The second-order valence-corrected chi connectivity index (χ2v) is 8.08. The van der Waals surface area contributed by atoms with Gasteiger partial charge in [-0.3, -0.25) is 4.79 Å². The van der Waals surface area contributed by atoms with Gasteiger partial charge < -0.3 is 19.5 Å². The van der Waals surface area contributed by atoms with Crippen molar-refractivity contribution >= 4 is 40.3 Å². The third-order valence-electron chi connectivity index (χ3n) is 4.76. The molecule has 1 heterocycles. The molecule has 7 nitrogen and oxygen atoms in total. The molecular formula is C26H25NO6S. The van der Waals surface area contributed by atoms with Crippen LogP contribution in [-0.2, 0) is 19.1 Å². The van der Waals surface area contributed by atoms with Crippen molar-refractivity contribution in [2.24, 2.45) is 0 Å². The Kier molecular flexibility index (Phi) is 8.59. The van der Waals surface area contributed by atoms with Crippen LogP contribution in [-0.4, -0.2) is 38.2 Å². The first-order valence-electron chi connectivity index (χ1n) is 10.6. The van der Waals surface area contributed by atoms with Crippen LogP contribution in [0.2, 0.25) is 0 Å². The molecule has 0 aliphatic carbocycles. The summed E-state index contributed by atoms with van der Waals surface area (Å²) in [5, 5.41) is 4.78. The van der Waals surface area contributed by atoms with Crippen molar-refractivity contribution in [2.75, 3.05) is 25.6 Å². The SMILES string of the molecule is CCOC(=O)c1c(-c2ccc(C)cc2)csc1NC(=O)COC(=O)/C=C/c1ccc(OC)cc1. The van der Waals surface area contributed by atoms with Gasteiger partial charge in [-0.15, -0.1) is 11.3 Å². The third-order valence-corrected chi connectivity index (χ3v) is 5.65. The molecule has 176 valence electrons. The summed E-state index contributed by atoms with van der Waals surface area (Å²) in [4.78, 5) is 37.0. The topological polar surface area (TPSA) is 90.9 Å². The Morgan fingerprint density at radius 2 is 1.71 bits per heavy atom. The van der Waals surface area contributed by atoms with Gasteiger partial charge in [0.2, 0.25) is 0 Å². The lowest BCUT2D eigenvalue weighted by molar-refractivity contribution is -0.142. The lowest BCUT2D eigenvalue weighted by Gasteiger charge is -2.09. The summed E-state index contributed by atoms with van der Waals surface area (Å²) in [6, 6.07) is 14.8. The van der Waals surface area contributed by atoms with Crippen molar-refractivity contribution in [1.29, 1.82) is 0 Å². The number of methoxy groups -OCH3 is 1. The van der Waals surface area contributed by atoms with Gasteiger partial charge in [-0.25, -0.2) is 9.59 Å². The van der Waals surface area contributed by atoms with Gasteiger partial charge in [0, 0.05) is 17.0 Å². The zero-order chi connectivity index (χ0) is 24.5. The molecule has 0 atom stereocenters. The van der Waals surface area contributed by atoms with E-state index in [-0.39, 0.29) is 12.2 Å². The van der Waals surface area contributed by atoms with Crippen LogP contribution in [0.15, 0.2) is 60.0 Å². The van der Waals surface area contributed by atoms with Crippen molar-refractivity contribution < 1.29 is 28.6 Å². The maximum absolute atomic E-state index is 12.6. The molecule has 0 radical (unpaired) electrons. The molecule has 3 rings (SSSR count). The largest absolute Gasteiger partial charge is 0.497 e. The molecule has 34 heavy (non-hydrogen) atoms. The summed E-state index contributed by atoms with van der Waals surface area (Å²) >= 11 is 1.20. The second-order valence-electron chi connectivity index (χ2n) is 7.20. The Morgan fingerprint density at radius 1 is 1.00 bits per heavy atom. The fourth-order valence-electron chi connectivity index (χ4n) is 3.03. The van der Waals surface area contributed by atoms with Gasteiger partial charge in [0.05, 0.1) is 13.7 Å². The predicted octanol–water partition coefficient (Wildman–Crippen LogP) is 5.10. The van der Waals surface area contributed by atoms with Gasteiger partial charge in [0.15, 0.2) is 6.61 Å². The Bertz CT molecular complexity index is 1180. The molecule has 1 aromatic heterocycles. The lowest BCUT2D eigenvalue weighted by Crippen LogP contribution is -2.21. The van der Waals surface area contributed by atoms with Crippen LogP contribution in [0, 0.1) is 6.92 Å². The van der Waals surface area contributed by atoms with Crippen LogP contribution in [0.3, 0.4) is 0 Å². The second kappa shape index (κ2) is 11.8. The zero-order valence-corrected chi connectivity index (χ0v) is 19.9. The summed E-state index contributed by atoms with van der Waals surface area (Å²) in [5.41, 5.74) is 3.64. The molecule has 0 saturated carbocycles. The molecule has 0 unspecified atom stereocenters. The number of aryl methyl sites for hydroxylation is 1.